The molecule has 0 saturated heterocycles. The van der Waals surface area contributed by atoms with Gasteiger partial charge in [0, 0.05) is 24.1 Å². The minimum Gasteiger partial charge on any atom is -0.497 e. The molecule has 2 aromatic rings. The van der Waals surface area contributed by atoms with E-state index in [0.29, 0.717) is 17.9 Å². The Morgan fingerprint density at radius 2 is 1.88 bits per heavy atom. The molecule has 6 heteroatoms. The van der Waals surface area contributed by atoms with Gasteiger partial charge in [-0.25, -0.2) is 0 Å². The summed E-state index contributed by atoms with van der Waals surface area (Å²) in [4.78, 5) is 12.1. The molecule has 0 aromatic heterocycles. The number of rotatable bonds is 7. The second-order valence-electron chi connectivity index (χ2n) is 5.30. The highest BCUT2D eigenvalue weighted by atomic mass is 16.5. The molecule has 0 saturated carbocycles. The summed E-state index contributed by atoms with van der Waals surface area (Å²) in [6.07, 6.45) is 2.19. The lowest BCUT2D eigenvalue weighted by Crippen LogP contribution is -2.18. The Morgan fingerprint density at radius 3 is 2.48 bits per heavy atom. The first-order chi connectivity index (χ1) is 12.1. The molecule has 0 aliphatic rings. The summed E-state index contributed by atoms with van der Waals surface area (Å²) >= 11 is 0. The highest BCUT2D eigenvalue weighted by Crippen LogP contribution is 2.12. The maximum absolute atomic E-state index is 12.1. The molecule has 25 heavy (non-hydrogen) atoms. The second kappa shape index (κ2) is 8.99. The van der Waals surface area contributed by atoms with E-state index in [1.54, 1.807) is 31.4 Å². The SMILES string of the molecule is COc1ccc(CCN/C=C(/C#N)C(=O)Nc2ccc(N)cc2)cc1. The lowest BCUT2D eigenvalue weighted by Gasteiger charge is -2.06. The molecule has 0 atom stereocenters. The topological polar surface area (TPSA) is 100 Å². The first-order valence-corrected chi connectivity index (χ1v) is 7.76. The average molecular weight is 336 g/mol. The Morgan fingerprint density at radius 1 is 1.20 bits per heavy atom. The lowest BCUT2D eigenvalue weighted by atomic mass is 10.1. The summed E-state index contributed by atoms with van der Waals surface area (Å²) < 4.78 is 5.11. The van der Waals surface area contributed by atoms with Gasteiger partial charge in [-0.2, -0.15) is 5.26 Å². The molecule has 0 radical (unpaired) electrons. The van der Waals surface area contributed by atoms with E-state index >= 15 is 0 Å². The number of nitrogen functional groups attached to an aromatic ring is 1. The number of methoxy groups -OCH3 is 1. The predicted molar refractivity (Wildman–Crippen MR) is 97.9 cm³/mol. The molecule has 4 N–H and O–H groups in total. The van der Waals surface area contributed by atoms with Crippen LogP contribution in [0.3, 0.4) is 0 Å². The Bertz CT molecular complexity index is 775. The van der Waals surface area contributed by atoms with Crippen LogP contribution < -0.4 is 21.1 Å². The third-order valence-electron chi connectivity index (χ3n) is 3.50. The largest absolute Gasteiger partial charge is 0.497 e. The number of amides is 1. The number of benzene rings is 2. The van der Waals surface area contributed by atoms with Gasteiger partial charge < -0.3 is 21.1 Å². The number of hydrogen-bond donors (Lipinski definition) is 3. The Balaban J connectivity index is 1.85. The number of carbonyl (C=O) groups is 1. The normalized spacial score (nSPS) is 10.6. The van der Waals surface area contributed by atoms with Gasteiger partial charge in [0.1, 0.15) is 17.4 Å². The molecule has 2 rings (SSSR count). The van der Waals surface area contributed by atoms with Crippen molar-refractivity contribution < 1.29 is 9.53 Å². The Kier molecular flexibility index (Phi) is 6.43. The summed E-state index contributed by atoms with van der Waals surface area (Å²) in [6, 6.07) is 16.4. The van der Waals surface area contributed by atoms with E-state index < -0.39 is 5.91 Å². The highest BCUT2D eigenvalue weighted by Gasteiger charge is 2.08. The number of nitriles is 1. The van der Waals surface area contributed by atoms with Crippen molar-refractivity contribution in [3.63, 3.8) is 0 Å². The summed E-state index contributed by atoms with van der Waals surface area (Å²) in [5, 5.41) is 14.8. The summed E-state index contributed by atoms with van der Waals surface area (Å²) in [7, 11) is 1.63. The van der Waals surface area contributed by atoms with Crippen LogP contribution in [0.25, 0.3) is 0 Å². The summed E-state index contributed by atoms with van der Waals surface area (Å²) in [5.41, 5.74) is 7.92. The molecule has 0 aliphatic heterocycles. The van der Waals surface area contributed by atoms with E-state index in [1.807, 2.05) is 30.3 Å². The minimum atomic E-state index is -0.468. The molecule has 0 fully saturated rings. The number of hydrogen-bond acceptors (Lipinski definition) is 5. The third-order valence-corrected chi connectivity index (χ3v) is 3.50. The third kappa shape index (κ3) is 5.59. The second-order valence-corrected chi connectivity index (χ2v) is 5.30. The van der Waals surface area contributed by atoms with Gasteiger partial charge in [-0.05, 0) is 48.4 Å². The zero-order valence-electron chi connectivity index (χ0n) is 14.0. The van der Waals surface area contributed by atoms with Crippen molar-refractivity contribution in [2.24, 2.45) is 0 Å². The standard InChI is InChI=1S/C19H20N4O2/c1-25-18-8-2-14(3-9-18)10-11-22-13-15(12-20)19(24)23-17-6-4-16(21)5-7-17/h2-9,13,22H,10-11,21H2,1H3,(H,23,24)/b15-13-. The van der Waals surface area contributed by atoms with E-state index in [9.17, 15) is 4.79 Å². The fourth-order valence-corrected chi connectivity index (χ4v) is 2.10. The van der Waals surface area contributed by atoms with Gasteiger partial charge >= 0.3 is 0 Å². The number of carbonyl (C=O) groups excluding carboxylic acids is 1. The zero-order chi connectivity index (χ0) is 18.1. The van der Waals surface area contributed by atoms with Gasteiger partial charge in [-0.1, -0.05) is 12.1 Å². The van der Waals surface area contributed by atoms with Gasteiger partial charge in [0.05, 0.1) is 7.11 Å². The smallest absolute Gasteiger partial charge is 0.267 e. The predicted octanol–water partition coefficient (Wildman–Crippen LogP) is 2.46. The van der Waals surface area contributed by atoms with Gasteiger partial charge in [0.25, 0.3) is 5.91 Å². The van der Waals surface area contributed by atoms with Gasteiger partial charge in [0.15, 0.2) is 0 Å². The monoisotopic (exact) mass is 336 g/mol. The van der Waals surface area contributed by atoms with E-state index in [1.165, 1.54) is 6.20 Å². The van der Waals surface area contributed by atoms with Gasteiger partial charge in [-0.3, -0.25) is 4.79 Å². The van der Waals surface area contributed by atoms with Crippen LogP contribution >= 0.6 is 0 Å². The van der Waals surface area contributed by atoms with E-state index in [0.717, 1.165) is 17.7 Å². The number of nitrogens with zero attached hydrogens (tertiary/aromatic N) is 1. The molecule has 0 aliphatic carbocycles. The molecule has 0 unspecified atom stereocenters. The van der Waals surface area contributed by atoms with Gasteiger partial charge in [-0.15, -0.1) is 0 Å². The fourth-order valence-electron chi connectivity index (χ4n) is 2.10. The van der Waals surface area contributed by atoms with E-state index in [2.05, 4.69) is 10.6 Å². The Hall–Kier alpha value is -3.46. The number of ether oxygens (including phenoxy) is 1. The van der Waals surface area contributed by atoms with Crippen LogP contribution in [0, 0.1) is 11.3 Å². The van der Waals surface area contributed by atoms with E-state index in [-0.39, 0.29) is 5.57 Å². The van der Waals surface area contributed by atoms with Crippen molar-refractivity contribution in [1.82, 2.24) is 5.32 Å². The van der Waals surface area contributed by atoms with Crippen molar-refractivity contribution in [1.29, 1.82) is 5.26 Å². The molecular weight excluding hydrogens is 316 g/mol. The summed E-state index contributed by atoms with van der Waals surface area (Å²) in [5.74, 6) is 0.340. The number of nitrogens with two attached hydrogens (primary N) is 1. The van der Waals surface area contributed by atoms with Crippen LogP contribution in [0.5, 0.6) is 5.75 Å². The van der Waals surface area contributed by atoms with Crippen molar-refractivity contribution in [3.8, 4) is 11.8 Å². The highest BCUT2D eigenvalue weighted by molar-refractivity contribution is 6.06. The van der Waals surface area contributed by atoms with Crippen LogP contribution in [-0.2, 0) is 11.2 Å². The van der Waals surface area contributed by atoms with Crippen molar-refractivity contribution in [2.45, 2.75) is 6.42 Å². The molecular formula is C19H20N4O2. The molecule has 6 nitrogen and oxygen atoms in total. The molecule has 2 aromatic carbocycles. The van der Waals surface area contributed by atoms with Crippen LogP contribution in [-0.4, -0.2) is 19.6 Å². The van der Waals surface area contributed by atoms with Crippen LogP contribution in [0.15, 0.2) is 60.3 Å². The first kappa shape index (κ1) is 17.9. The molecule has 0 bridgehead atoms. The quantitative estimate of drug-likeness (QED) is 0.312. The lowest BCUT2D eigenvalue weighted by molar-refractivity contribution is -0.112. The molecule has 0 spiro atoms. The zero-order valence-corrected chi connectivity index (χ0v) is 14.0. The summed E-state index contributed by atoms with van der Waals surface area (Å²) in [6.45, 7) is 0.604. The number of anilines is 2. The van der Waals surface area contributed by atoms with Gasteiger partial charge in [0.2, 0.25) is 0 Å². The van der Waals surface area contributed by atoms with E-state index in [4.69, 9.17) is 15.7 Å². The maximum Gasteiger partial charge on any atom is 0.267 e. The fraction of sp³-hybridized carbons (Fsp3) is 0.158. The van der Waals surface area contributed by atoms with Crippen LogP contribution in [0.4, 0.5) is 11.4 Å². The first-order valence-electron chi connectivity index (χ1n) is 7.76. The molecule has 1 amide bonds. The number of nitrogens with one attached hydrogen (secondary N) is 2. The Labute approximate surface area is 146 Å². The van der Waals surface area contributed by atoms with Crippen molar-refractivity contribution in [2.75, 3.05) is 24.7 Å². The average Bonchev–Trinajstić information content (AvgIpc) is 2.64. The maximum atomic E-state index is 12.1. The molecule has 0 heterocycles. The van der Waals surface area contributed by atoms with Crippen molar-refractivity contribution >= 4 is 17.3 Å². The molecule has 128 valence electrons. The van der Waals surface area contributed by atoms with Crippen molar-refractivity contribution in [3.05, 3.63) is 65.9 Å². The van der Waals surface area contributed by atoms with Crippen LogP contribution in [0.2, 0.25) is 0 Å². The minimum absolute atomic E-state index is 0.00607. The van der Waals surface area contributed by atoms with Crippen LogP contribution in [0.1, 0.15) is 5.56 Å².